The van der Waals surface area contributed by atoms with Crippen LogP contribution >= 0.6 is 0 Å². The van der Waals surface area contributed by atoms with E-state index in [1.165, 1.54) is 43.6 Å². The van der Waals surface area contributed by atoms with Crippen molar-refractivity contribution in [2.24, 2.45) is 0 Å². The molecule has 2 nitrogen and oxygen atoms in total. The number of ether oxygens (including phenoxy) is 1. The molecular weight excluding hydrogens is 270 g/mol. The third-order valence-corrected chi connectivity index (χ3v) is 4.42. The first-order valence-corrected chi connectivity index (χ1v) is 8.47. The van der Waals surface area contributed by atoms with Gasteiger partial charge in [0.05, 0.1) is 0 Å². The Balaban J connectivity index is 0.000000541. The minimum absolute atomic E-state index is 0.263. The van der Waals surface area contributed by atoms with Crippen LogP contribution in [-0.2, 0) is 10.2 Å². The Morgan fingerprint density at radius 1 is 1.18 bits per heavy atom. The second-order valence-corrected chi connectivity index (χ2v) is 6.55. The van der Waals surface area contributed by atoms with Crippen LogP contribution in [0.15, 0.2) is 42.1 Å². The molecule has 1 aliphatic heterocycles. The van der Waals surface area contributed by atoms with Crippen LogP contribution in [0.4, 0.5) is 0 Å². The molecule has 0 aromatic heterocycles. The quantitative estimate of drug-likeness (QED) is 0.758. The molecule has 0 atom stereocenters. The van der Waals surface area contributed by atoms with E-state index < -0.39 is 0 Å². The highest BCUT2D eigenvalue weighted by atomic mass is 16.5. The lowest BCUT2D eigenvalue weighted by atomic mass is 9.81. The molecule has 0 amide bonds. The molecule has 2 rings (SSSR count). The van der Waals surface area contributed by atoms with Crippen LogP contribution in [0.3, 0.4) is 0 Å². The van der Waals surface area contributed by atoms with Gasteiger partial charge in [-0.1, -0.05) is 50.3 Å². The fourth-order valence-electron chi connectivity index (χ4n) is 2.63. The van der Waals surface area contributed by atoms with Gasteiger partial charge < -0.3 is 9.64 Å². The molecule has 0 aliphatic carbocycles. The molecule has 22 heavy (non-hydrogen) atoms. The van der Waals surface area contributed by atoms with E-state index in [0.717, 1.165) is 6.61 Å². The molecule has 1 aromatic carbocycles. The molecule has 0 saturated heterocycles. The monoisotopic (exact) mass is 303 g/mol. The average molecular weight is 303 g/mol. The van der Waals surface area contributed by atoms with E-state index in [0.29, 0.717) is 0 Å². The van der Waals surface area contributed by atoms with Gasteiger partial charge in [-0.05, 0) is 44.1 Å². The summed E-state index contributed by atoms with van der Waals surface area (Å²) in [6, 6.07) is 10.9. The third kappa shape index (κ3) is 6.23. The molecule has 1 heterocycles. The lowest BCUT2D eigenvalue weighted by Crippen LogP contribution is -2.31. The van der Waals surface area contributed by atoms with E-state index >= 15 is 0 Å². The zero-order chi connectivity index (χ0) is 16.4. The summed E-state index contributed by atoms with van der Waals surface area (Å²) in [6.07, 6.45) is 6.15. The van der Waals surface area contributed by atoms with Gasteiger partial charge in [0.15, 0.2) is 0 Å². The number of hydrogen-bond acceptors (Lipinski definition) is 2. The van der Waals surface area contributed by atoms with Crippen molar-refractivity contribution in [3.63, 3.8) is 0 Å². The van der Waals surface area contributed by atoms with Crippen LogP contribution in [-0.4, -0.2) is 31.7 Å². The largest absolute Gasteiger partial charge is 0.385 e. The Bertz CT molecular complexity index is 434. The Labute approximate surface area is 137 Å². The number of benzene rings is 1. The summed E-state index contributed by atoms with van der Waals surface area (Å²) in [7, 11) is 1.68. The van der Waals surface area contributed by atoms with Crippen molar-refractivity contribution in [2.45, 2.75) is 52.4 Å². The smallest absolute Gasteiger partial charge is 0.0433 e. The second kappa shape index (κ2) is 9.68. The summed E-state index contributed by atoms with van der Waals surface area (Å²) >= 11 is 0. The summed E-state index contributed by atoms with van der Waals surface area (Å²) in [5.74, 6) is 0. The summed E-state index contributed by atoms with van der Waals surface area (Å²) in [4.78, 5) is 2.54. The Morgan fingerprint density at radius 2 is 1.82 bits per heavy atom. The average Bonchev–Trinajstić information content (AvgIpc) is 2.55. The fraction of sp³-hybridized carbons (Fsp3) is 0.600. The molecule has 0 N–H and O–H groups in total. The third-order valence-electron chi connectivity index (χ3n) is 4.42. The maximum Gasteiger partial charge on any atom is 0.0433 e. The highest BCUT2D eigenvalue weighted by Gasteiger charge is 2.21. The summed E-state index contributed by atoms with van der Waals surface area (Å²) in [5, 5.41) is 0. The molecule has 0 unspecified atom stereocenters. The van der Waals surface area contributed by atoms with Crippen LogP contribution < -0.4 is 0 Å². The fourth-order valence-corrected chi connectivity index (χ4v) is 2.63. The predicted octanol–water partition coefficient (Wildman–Crippen LogP) is 5.01. The van der Waals surface area contributed by atoms with E-state index in [1.807, 2.05) is 6.92 Å². The molecule has 1 aliphatic rings. The summed E-state index contributed by atoms with van der Waals surface area (Å²) in [5.41, 5.74) is 3.17. The van der Waals surface area contributed by atoms with Gasteiger partial charge in [0.2, 0.25) is 0 Å². The van der Waals surface area contributed by atoms with Gasteiger partial charge in [-0.25, -0.2) is 0 Å². The van der Waals surface area contributed by atoms with Crippen LogP contribution in [0.2, 0.25) is 0 Å². The Morgan fingerprint density at radius 3 is 2.36 bits per heavy atom. The zero-order valence-electron chi connectivity index (χ0n) is 15.1. The normalized spacial score (nSPS) is 15.0. The first kappa shape index (κ1) is 18.8. The first-order chi connectivity index (χ1) is 10.5. The van der Waals surface area contributed by atoms with E-state index in [9.17, 15) is 0 Å². The molecule has 0 saturated carbocycles. The molecule has 0 radical (unpaired) electrons. The van der Waals surface area contributed by atoms with Gasteiger partial charge in [0.1, 0.15) is 0 Å². The lowest BCUT2D eigenvalue weighted by Gasteiger charge is -2.33. The van der Waals surface area contributed by atoms with Crippen LogP contribution in [0.25, 0.3) is 0 Å². The van der Waals surface area contributed by atoms with Crippen molar-refractivity contribution in [3.05, 3.63) is 47.7 Å². The second-order valence-electron chi connectivity index (χ2n) is 6.55. The number of hydrogen-bond donors (Lipinski definition) is 0. The number of methoxy groups -OCH3 is 1. The van der Waals surface area contributed by atoms with Crippen molar-refractivity contribution >= 4 is 0 Å². The predicted molar refractivity (Wildman–Crippen MR) is 96.2 cm³/mol. The number of nitrogens with zero attached hydrogens (tertiary/aromatic N) is 1. The molecule has 2 heteroatoms. The van der Waals surface area contributed by atoms with Gasteiger partial charge in [-0.3, -0.25) is 0 Å². The van der Waals surface area contributed by atoms with E-state index in [-0.39, 0.29) is 5.41 Å². The van der Waals surface area contributed by atoms with Crippen molar-refractivity contribution in [1.29, 1.82) is 0 Å². The Kier molecular flexibility index (Phi) is 8.26. The van der Waals surface area contributed by atoms with Gasteiger partial charge >= 0.3 is 0 Å². The first-order valence-electron chi connectivity index (χ1n) is 8.47. The van der Waals surface area contributed by atoms with E-state index in [2.05, 4.69) is 66.8 Å². The minimum Gasteiger partial charge on any atom is -0.385 e. The zero-order valence-corrected chi connectivity index (χ0v) is 15.1. The molecule has 0 bridgehead atoms. The van der Waals surface area contributed by atoms with Gasteiger partial charge in [0, 0.05) is 32.5 Å². The van der Waals surface area contributed by atoms with Crippen molar-refractivity contribution in [1.82, 2.24) is 4.90 Å². The Hall–Kier alpha value is -1.28. The van der Waals surface area contributed by atoms with Crippen molar-refractivity contribution in [3.8, 4) is 0 Å². The maximum absolute atomic E-state index is 4.54. The van der Waals surface area contributed by atoms with Crippen LogP contribution in [0, 0.1) is 0 Å². The lowest BCUT2D eigenvalue weighted by molar-refractivity contribution is 0.215. The molecule has 0 spiro atoms. The van der Waals surface area contributed by atoms with Crippen molar-refractivity contribution < 1.29 is 4.74 Å². The summed E-state index contributed by atoms with van der Waals surface area (Å²) in [6.45, 7) is 12.1. The summed E-state index contributed by atoms with van der Waals surface area (Å²) < 4.78 is 4.54. The topological polar surface area (TPSA) is 12.5 Å². The maximum atomic E-state index is 4.54. The van der Waals surface area contributed by atoms with Crippen LogP contribution in [0.1, 0.15) is 52.5 Å². The number of allylic oxidation sites excluding steroid dienone is 2. The molecule has 1 aromatic rings. The van der Waals surface area contributed by atoms with Crippen molar-refractivity contribution in [2.75, 3.05) is 26.8 Å². The van der Waals surface area contributed by atoms with Gasteiger partial charge in [-0.2, -0.15) is 0 Å². The van der Waals surface area contributed by atoms with Crippen LogP contribution in [0.5, 0.6) is 0 Å². The minimum atomic E-state index is 0.263. The standard InChI is InChI=1S/C17H25N.C3H8O/c1-15-9-7-8-13-18(15)14-12-17(2,3)16-10-5-4-6-11-16;1-3-4-2/h4-6,9-11H,7-8,12-14H2,1-3H3;3H2,1-2H3. The van der Waals surface area contributed by atoms with E-state index in [1.54, 1.807) is 7.11 Å². The molecular formula is C20H33NO. The molecule has 0 fully saturated rings. The molecule has 124 valence electrons. The highest BCUT2D eigenvalue weighted by molar-refractivity contribution is 5.23. The van der Waals surface area contributed by atoms with Gasteiger partial charge in [0.25, 0.3) is 0 Å². The van der Waals surface area contributed by atoms with Gasteiger partial charge in [-0.15, -0.1) is 0 Å². The van der Waals surface area contributed by atoms with E-state index in [4.69, 9.17) is 0 Å². The highest BCUT2D eigenvalue weighted by Crippen LogP contribution is 2.28. The number of rotatable bonds is 5. The SMILES string of the molecule is CC1=CCCCN1CCC(C)(C)c1ccccc1.CCOC.